The molecule has 0 spiro atoms. The maximum Gasteiger partial charge on any atom is 0.306 e. The topological polar surface area (TPSA) is 57.5 Å². The molecule has 3 nitrogen and oxygen atoms in total. The monoisotopic (exact) mass is 390 g/mol. The molecule has 4 rings (SSSR count). The zero-order valence-corrected chi connectivity index (χ0v) is 18.5. The Bertz CT molecular complexity index is 603. The van der Waals surface area contributed by atoms with Crippen LogP contribution in [0.1, 0.15) is 91.9 Å². The molecule has 0 radical (unpaired) electrons. The van der Waals surface area contributed by atoms with Gasteiger partial charge in [-0.3, -0.25) is 4.79 Å². The molecular weight excluding hydrogens is 348 g/mol. The summed E-state index contributed by atoms with van der Waals surface area (Å²) in [6.45, 7) is 9.33. The Kier molecular flexibility index (Phi) is 5.39. The van der Waals surface area contributed by atoms with E-state index in [0.717, 1.165) is 42.9 Å². The Morgan fingerprint density at radius 2 is 1.64 bits per heavy atom. The van der Waals surface area contributed by atoms with Crippen molar-refractivity contribution < 1.29 is 15.0 Å². The molecule has 2 N–H and O–H groups in total. The lowest BCUT2D eigenvalue weighted by Gasteiger charge is -2.61. The standard InChI is InChI=1S/C25H42O3/c1-15(13-16(2)23(27)28)20-7-8-21-19-6-5-17-14-18(26)9-11-24(17,3)22(19)10-12-25(20,21)4/h15-22,26H,5-14H2,1-4H3,(H,27,28)/t15-,16+,17-,18-,19?,20-,21?,22?,24+,25-/m1/s1. The molecule has 160 valence electrons. The highest BCUT2D eigenvalue weighted by Gasteiger charge is 2.60. The Hall–Kier alpha value is -0.570. The summed E-state index contributed by atoms with van der Waals surface area (Å²) < 4.78 is 0. The van der Waals surface area contributed by atoms with Crippen LogP contribution in [0.2, 0.25) is 0 Å². The quantitative estimate of drug-likeness (QED) is 0.642. The van der Waals surface area contributed by atoms with Gasteiger partial charge in [0, 0.05) is 0 Å². The molecule has 0 saturated heterocycles. The Labute approximate surface area is 171 Å². The molecule has 4 aliphatic rings. The van der Waals surface area contributed by atoms with Crippen molar-refractivity contribution in [3.8, 4) is 0 Å². The highest BCUT2D eigenvalue weighted by atomic mass is 16.4. The van der Waals surface area contributed by atoms with Crippen molar-refractivity contribution in [2.24, 2.45) is 52.3 Å². The Morgan fingerprint density at radius 1 is 0.964 bits per heavy atom. The minimum Gasteiger partial charge on any atom is -0.481 e. The van der Waals surface area contributed by atoms with Crippen molar-refractivity contribution in [3.63, 3.8) is 0 Å². The summed E-state index contributed by atoms with van der Waals surface area (Å²) in [5, 5.41) is 19.6. The van der Waals surface area contributed by atoms with Crippen molar-refractivity contribution in [1.29, 1.82) is 0 Å². The summed E-state index contributed by atoms with van der Waals surface area (Å²) in [5.41, 5.74) is 0.862. The molecule has 28 heavy (non-hydrogen) atoms. The van der Waals surface area contributed by atoms with Crippen LogP contribution in [0.15, 0.2) is 0 Å². The van der Waals surface area contributed by atoms with Gasteiger partial charge in [0.05, 0.1) is 12.0 Å². The molecule has 3 unspecified atom stereocenters. The van der Waals surface area contributed by atoms with E-state index in [0.29, 0.717) is 22.7 Å². The van der Waals surface area contributed by atoms with Crippen LogP contribution < -0.4 is 0 Å². The van der Waals surface area contributed by atoms with Gasteiger partial charge in [-0.1, -0.05) is 27.7 Å². The van der Waals surface area contributed by atoms with Crippen LogP contribution in [0.25, 0.3) is 0 Å². The summed E-state index contributed by atoms with van der Waals surface area (Å²) in [4.78, 5) is 11.4. The molecule has 0 amide bonds. The van der Waals surface area contributed by atoms with Crippen LogP contribution in [0.5, 0.6) is 0 Å². The summed E-state index contributed by atoms with van der Waals surface area (Å²) in [7, 11) is 0. The van der Waals surface area contributed by atoms with Gasteiger partial charge in [0.15, 0.2) is 0 Å². The summed E-state index contributed by atoms with van der Waals surface area (Å²) in [6, 6.07) is 0. The van der Waals surface area contributed by atoms with E-state index in [1.165, 1.54) is 44.9 Å². The number of aliphatic hydroxyl groups is 1. The average molecular weight is 391 g/mol. The molecule has 4 aliphatic carbocycles. The number of aliphatic hydroxyl groups excluding tert-OH is 1. The highest BCUT2D eigenvalue weighted by molar-refractivity contribution is 5.69. The molecule has 10 atom stereocenters. The molecule has 3 heteroatoms. The zero-order chi connectivity index (χ0) is 20.3. The summed E-state index contributed by atoms with van der Waals surface area (Å²) >= 11 is 0. The van der Waals surface area contributed by atoms with Crippen LogP contribution >= 0.6 is 0 Å². The minimum absolute atomic E-state index is 0.0589. The van der Waals surface area contributed by atoms with E-state index in [1.54, 1.807) is 0 Å². The van der Waals surface area contributed by atoms with Gasteiger partial charge >= 0.3 is 5.97 Å². The highest BCUT2D eigenvalue weighted by Crippen LogP contribution is 2.68. The lowest BCUT2D eigenvalue weighted by Crippen LogP contribution is -2.54. The lowest BCUT2D eigenvalue weighted by molar-refractivity contribution is -0.142. The predicted octanol–water partition coefficient (Wildman–Crippen LogP) is 5.75. The second kappa shape index (κ2) is 7.29. The second-order valence-corrected chi connectivity index (χ2v) is 11.8. The van der Waals surface area contributed by atoms with Crippen LogP contribution in [0, 0.1) is 52.3 Å². The van der Waals surface area contributed by atoms with E-state index in [1.807, 2.05) is 6.92 Å². The van der Waals surface area contributed by atoms with Gasteiger partial charge in [0.1, 0.15) is 0 Å². The lowest BCUT2D eigenvalue weighted by atomic mass is 9.44. The zero-order valence-electron chi connectivity index (χ0n) is 18.5. The Balaban J connectivity index is 1.51. The van der Waals surface area contributed by atoms with Gasteiger partial charge < -0.3 is 10.2 Å². The van der Waals surface area contributed by atoms with Crippen molar-refractivity contribution in [2.75, 3.05) is 0 Å². The largest absolute Gasteiger partial charge is 0.481 e. The molecular formula is C25H42O3. The van der Waals surface area contributed by atoms with Crippen molar-refractivity contribution in [3.05, 3.63) is 0 Å². The summed E-state index contributed by atoms with van der Waals surface area (Å²) in [6.07, 6.45) is 12.1. The molecule has 0 bridgehead atoms. The van der Waals surface area contributed by atoms with Gasteiger partial charge in [-0.25, -0.2) is 0 Å². The maximum absolute atomic E-state index is 11.4. The molecule has 0 heterocycles. The molecule has 4 fully saturated rings. The third kappa shape index (κ3) is 3.15. The number of aliphatic carboxylic acids is 1. The van der Waals surface area contributed by atoms with Crippen molar-refractivity contribution >= 4 is 5.97 Å². The van der Waals surface area contributed by atoms with E-state index in [4.69, 9.17) is 0 Å². The Morgan fingerprint density at radius 3 is 2.36 bits per heavy atom. The molecule has 4 saturated carbocycles. The number of hydrogen-bond donors (Lipinski definition) is 2. The number of carboxylic acids is 1. The van der Waals surface area contributed by atoms with Gasteiger partial charge in [-0.05, 0) is 111 Å². The number of fused-ring (bicyclic) bond motifs is 5. The normalized spacial score (nSPS) is 50.2. The van der Waals surface area contributed by atoms with Gasteiger partial charge in [-0.2, -0.15) is 0 Å². The SMILES string of the molecule is C[C@H](C[C@H](C)C(=O)O)[C@H]1CCC2C3CC[C@@H]4C[C@H](O)CC[C@]4(C)C3CC[C@@]21C. The van der Waals surface area contributed by atoms with E-state index >= 15 is 0 Å². The second-order valence-electron chi connectivity index (χ2n) is 11.8. The average Bonchev–Trinajstić information content (AvgIpc) is 2.99. The number of carboxylic acid groups (broad SMARTS) is 1. The van der Waals surface area contributed by atoms with Crippen molar-refractivity contribution in [1.82, 2.24) is 0 Å². The van der Waals surface area contributed by atoms with Crippen molar-refractivity contribution in [2.45, 2.75) is 98.0 Å². The fraction of sp³-hybridized carbons (Fsp3) is 0.960. The first-order chi connectivity index (χ1) is 13.2. The first-order valence-electron chi connectivity index (χ1n) is 12.1. The van der Waals surface area contributed by atoms with Crippen LogP contribution in [0.4, 0.5) is 0 Å². The number of hydrogen-bond acceptors (Lipinski definition) is 2. The molecule has 0 aromatic rings. The van der Waals surface area contributed by atoms with E-state index < -0.39 is 5.97 Å². The summed E-state index contributed by atoms with van der Waals surface area (Å²) in [5.74, 6) is 3.62. The van der Waals surface area contributed by atoms with Gasteiger partial charge in [0.25, 0.3) is 0 Å². The maximum atomic E-state index is 11.4. The van der Waals surface area contributed by atoms with E-state index in [9.17, 15) is 15.0 Å². The third-order valence-corrected chi connectivity index (χ3v) is 10.5. The molecule has 0 aromatic carbocycles. The van der Waals surface area contributed by atoms with Crippen LogP contribution in [-0.4, -0.2) is 22.3 Å². The first kappa shape index (κ1) is 20.7. The molecule has 0 aliphatic heterocycles. The fourth-order valence-electron chi connectivity index (χ4n) is 9.03. The molecule has 0 aromatic heterocycles. The van der Waals surface area contributed by atoms with E-state index in [2.05, 4.69) is 20.8 Å². The first-order valence-corrected chi connectivity index (χ1v) is 12.1. The van der Waals surface area contributed by atoms with Crippen LogP contribution in [-0.2, 0) is 4.79 Å². The number of carbonyl (C=O) groups is 1. The van der Waals surface area contributed by atoms with Gasteiger partial charge in [0.2, 0.25) is 0 Å². The minimum atomic E-state index is -0.638. The number of rotatable bonds is 4. The fourth-order valence-corrected chi connectivity index (χ4v) is 9.03. The smallest absolute Gasteiger partial charge is 0.306 e. The van der Waals surface area contributed by atoms with E-state index in [-0.39, 0.29) is 12.0 Å². The predicted molar refractivity (Wildman–Crippen MR) is 112 cm³/mol. The third-order valence-electron chi connectivity index (χ3n) is 10.5. The van der Waals surface area contributed by atoms with Crippen LogP contribution in [0.3, 0.4) is 0 Å². The van der Waals surface area contributed by atoms with Gasteiger partial charge in [-0.15, -0.1) is 0 Å².